The van der Waals surface area contributed by atoms with Crippen LogP contribution in [-0.2, 0) is 11.3 Å². The number of piperidine rings is 1. The van der Waals surface area contributed by atoms with E-state index in [9.17, 15) is 9.18 Å². The Bertz CT molecular complexity index is 663. The standard InChI is InChI=1S/C15H18FN5O/c1-11-17-19-21(18-11)10-15(22)20-8-6-12(7-9-20)13-4-2-3-5-14(13)16/h2-5,12H,6-10H2,1H3. The fraction of sp³-hybridized carbons (Fsp3) is 0.467. The number of tetrazole rings is 1. The summed E-state index contributed by atoms with van der Waals surface area (Å²) in [5.74, 6) is 0.544. The number of aromatic nitrogens is 4. The zero-order valence-corrected chi connectivity index (χ0v) is 12.4. The fourth-order valence-electron chi connectivity index (χ4n) is 2.86. The molecular formula is C15H18FN5O. The van der Waals surface area contributed by atoms with Crippen molar-refractivity contribution < 1.29 is 9.18 Å². The normalized spacial score (nSPS) is 16.0. The number of hydrogen-bond acceptors (Lipinski definition) is 4. The van der Waals surface area contributed by atoms with Crippen LogP contribution in [0.25, 0.3) is 0 Å². The third-order valence-corrected chi connectivity index (χ3v) is 4.02. The van der Waals surface area contributed by atoms with Crippen LogP contribution in [0.1, 0.15) is 30.1 Å². The summed E-state index contributed by atoms with van der Waals surface area (Å²) >= 11 is 0. The third kappa shape index (κ3) is 3.13. The van der Waals surface area contributed by atoms with E-state index < -0.39 is 0 Å². The highest BCUT2D eigenvalue weighted by molar-refractivity contribution is 5.75. The molecule has 22 heavy (non-hydrogen) atoms. The number of benzene rings is 1. The first kappa shape index (κ1) is 14.6. The van der Waals surface area contributed by atoms with Crippen LogP contribution in [0.5, 0.6) is 0 Å². The number of nitrogens with zero attached hydrogens (tertiary/aromatic N) is 5. The smallest absolute Gasteiger partial charge is 0.246 e. The van der Waals surface area contributed by atoms with Crippen molar-refractivity contribution in [2.24, 2.45) is 0 Å². The SMILES string of the molecule is Cc1nnn(CC(=O)N2CCC(c3ccccc3F)CC2)n1. The largest absolute Gasteiger partial charge is 0.341 e. The minimum Gasteiger partial charge on any atom is -0.341 e. The number of aryl methyl sites for hydroxylation is 1. The van der Waals surface area contributed by atoms with Crippen molar-refractivity contribution in [1.29, 1.82) is 0 Å². The van der Waals surface area contributed by atoms with E-state index in [1.54, 1.807) is 17.9 Å². The van der Waals surface area contributed by atoms with Crippen molar-refractivity contribution in [3.63, 3.8) is 0 Å². The maximum absolute atomic E-state index is 13.8. The van der Waals surface area contributed by atoms with Crippen molar-refractivity contribution in [2.45, 2.75) is 32.2 Å². The van der Waals surface area contributed by atoms with Crippen molar-refractivity contribution in [3.05, 3.63) is 41.5 Å². The molecule has 1 aromatic carbocycles. The number of amides is 1. The highest BCUT2D eigenvalue weighted by Crippen LogP contribution is 2.29. The van der Waals surface area contributed by atoms with Gasteiger partial charge in [0.2, 0.25) is 5.91 Å². The summed E-state index contributed by atoms with van der Waals surface area (Å²) in [6, 6.07) is 6.88. The predicted octanol–water partition coefficient (Wildman–Crippen LogP) is 1.53. The molecule has 0 aliphatic carbocycles. The van der Waals surface area contributed by atoms with Gasteiger partial charge >= 0.3 is 0 Å². The molecule has 0 N–H and O–H groups in total. The second-order valence-corrected chi connectivity index (χ2v) is 5.54. The second kappa shape index (κ2) is 6.21. The van der Waals surface area contributed by atoms with Crippen LogP contribution >= 0.6 is 0 Å². The van der Waals surface area contributed by atoms with E-state index >= 15 is 0 Å². The minimum atomic E-state index is -0.158. The summed E-state index contributed by atoms with van der Waals surface area (Å²) in [6.45, 7) is 3.09. The molecule has 1 aliphatic rings. The van der Waals surface area contributed by atoms with Gasteiger partial charge < -0.3 is 4.90 Å². The van der Waals surface area contributed by atoms with Gasteiger partial charge in [-0.05, 0) is 42.5 Å². The zero-order chi connectivity index (χ0) is 15.5. The van der Waals surface area contributed by atoms with Gasteiger partial charge in [0.25, 0.3) is 0 Å². The average molecular weight is 303 g/mol. The molecular weight excluding hydrogens is 285 g/mol. The average Bonchev–Trinajstić information content (AvgIpc) is 2.93. The van der Waals surface area contributed by atoms with Gasteiger partial charge in [0.1, 0.15) is 12.4 Å². The molecule has 6 nitrogen and oxygen atoms in total. The van der Waals surface area contributed by atoms with Gasteiger partial charge in [0.15, 0.2) is 5.82 Å². The molecule has 7 heteroatoms. The first-order valence-electron chi connectivity index (χ1n) is 7.40. The molecule has 1 amide bonds. The molecule has 1 aromatic heterocycles. The molecule has 0 bridgehead atoms. The Labute approximate surface area is 127 Å². The molecule has 1 saturated heterocycles. The van der Waals surface area contributed by atoms with E-state index in [1.165, 1.54) is 10.9 Å². The molecule has 0 atom stereocenters. The van der Waals surface area contributed by atoms with Gasteiger partial charge in [-0.25, -0.2) is 4.39 Å². The lowest BCUT2D eigenvalue weighted by atomic mass is 9.89. The van der Waals surface area contributed by atoms with E-state index in [-0.39, 0.29) is 24.2 Å². The van der Waals surface area contributed by atoms with E-state index in [0.717, 1.165) is 18.4 Å². The van der Waals surface area contributed by atoms with Gasteiger partial charge in [-0.15, -0.1) is 10.2 Å². The van der Waals surface area contributed by atoms with Crippen molar-refractivity contribution >= 4 is 5.91 Å². The number of carbonyl (C=O) groups is 1. The Morgan fingerprint density at radius 1 is 1.32 bits per heavy atom. The maximum atomic E-state index is 13.8. The lowest BCUT2D eigenvalue weighted by molar-refractivity contribution is -0.133. The molecule has 1 fully saturated rings. The van der Waals surface area contributed by atoms with E-state index in [0.29, 0.717) is 18.9 Å². The minimum absolute atomic E-state index is 0.0237. The van der Waals surface area contributed by atoms with Crippen LogP contribution in [0.3, 0.4) is 0 Å². The number of rotatable bonds is 3. The van der Waals surface area contributed by atoms with Crippen LogP contribution in [0.2, 0.25) is 0 Å². The lowest BCUT2D eigenvalue weighted by Crippen LogP contribution is -2.40. The Balaban J connectivity index is 1.57. The Morgan fingerprint density at radius 3 is 2.68 bits per heavy atom. The first-order chi connectivity index (χ1) is 10.6. The molecule has 0 radical (unpaired) electrons. The number of halogens is 1. The molecule has 1 aliphatic heterocycles. The van der Waals surface area contributed by atoms with Crippen molar-refractivity contribution in [3.8, 4) is 0 Å². The molecule has 0 spiro atoms. The lowest BCUT2D eigenvalue weighted by Gasteiger charge is -2.32. The van der Waals surface area contributed by atoms with Gasteiger partial charge in [0.05, 0.1) is 0 Å². The Morgan fingerprint density at radius 2 is 2.05 bits per heavy atom. The summed E-state index contributed by atoms with van der Waals surface area (Å²) in [5.41, 5.74) is 0.753. The summed E-state index contributed by atoms with van der Waals surface area (Å²) in [7, 11) is 0. The third-order valence-electron chi connectivity index (χ3n) is 4.02. The monoisotopic (exact) mass is 303 g/mol. The molecule has 2 heterocycles. The van der Waals surface area contributed by atoms with E-state index in [2.05, 4.69) is 15.4 Å². The van der Waals surface area contributed by atoms with Crippen molar-refractivity contribution in [1.82, 2.24) is 25.1 Å². The molecule has 2 aromatic rings. The summed E-state index contributed by atoms with van der Waals surface area (Å²) in [6.07, 6.45) is 1.55. The molecule has 0 unspecified atom stereocenters. The highest BCUT2D eigenvalue weighted by atomic mass is 19.1. The van der Waals surface area contributed by atoms with Gasteiger partial charge in [0, 0.05) is 13.1 Å². The Kier molecular flexibility index (Phi) is 4.13. The summed E-state index contributed by atoms with van der Waals surface area (Å²) < 4.78 is 13.8. The topological polar surface area (TPSA) is 63.9 Å². The number of likely N-dealkylation sites (tertiary alicyclic amines) is 1. The fourth-order valence-corrected chi connectivity index (χ4v) is 2.86. The van der Waals surface area contributed by atoms with Crippen LogP contribution in [0, 0.1) is 12.7 Å². The molecule has 116 valence electrons. The molecule has 3 rings (SSSR count). The predicted molar refractivity (Wildman–Crippen MR) is 77.5 cm³/mol. The van der Waals surface area contributed by atoms with Crippen LogP contribution in [0.15, 0.2) is 24.3 Å². The van der Waals surface area contributed by atoms with E-state index in [4.69, 9.17) is 0 Å². The van der Waals surface area contributed by atoms with Gasteiger partial charge in [-0.1, -0.05) is 18.2 Å². The first-order valence-corrected chi connectivity index (χ1v) is 7.40. The quantitative estimate of drug-likeness (QED) is 0.862. The Hall–Kier alpha value is -2.31. The number of carbonyl (C=O) groups excluding carboxylic acids is 1. The van der Waals surface area contributed by atoms with Crippen LogP contribution in [0.4, 0.5) is 4.39 Å². The molecule has 0 saturated carbocycles. The van der Waals surface area contributed by atoms with Crippen molar-refractivity contribution in [2.75, 3.05) is 13.1 Å². The zero-order valence-electron chi connectivity index (χ0n) is 12.4. The van der Waals surface area contributed by atoms with Gasteiger partial charge in [-0.2, -0.15) is 4.80 Å². The number of hydrogen-bond donors (Lipinski definition) is 0. The van der Waals surface area contributed by atoms with Crippen LogP contribution < -0.4 is 0 Å². The van der Waals surface area contributed by atoms with E-state index in [1.807, 2.05) is 12.1 Å². The maximum Gasteiger partial charge on any atom is 0.246 e. The van der Waals surface area contributed by atoms with Gasteiger partial charge in [-0.3, -0.25) is 4.79 Å². The summed E-state index contributed by atoms with van der Waals surface area (Å²) in [5, 5.41) is 11.6. The van der Waals surface area contributed by atoms with Crippen LogP contribution in [-0.4, -0.2) is 44.1 Å². The highest BCUT2D eigenvalue weighted by Gasteiger charge is 2.25. The summed E-state index contributed by atoms with van der Waals surface area (Å²) in [4.78, 5) is 15.3. The second-order valence-electron chi connectivity index (χ2n) is 5.54.